The molecule has 1 atom stereocenters. The summed E-state index contributed by atoms with van der Waals surface area (Å²) >= 11 is 0. The van der Waals surface area contributed by atoms with Gasteiger partial charge in [0.05, 0.1) is 0 Å². The summed E-state index contributed by atoms with van der Waals surface area (Å²) in [6, 6.07) is 0. The summed E-state index contributed by atoms with van der Waals surface area (Å²) in [5.74, 6) is -0.522. The van der Waals surface area contributed by atoms with Crippen molar-refractivity contribution in [1.82, 2.24) is 10.1 Å². The normalized spacial score (nSPS) is 12.7. The van der Waals surface area contributed by atoms with Crippen LogP contribution in [0.2, 0.25) is 0 Å². The zero-order chi connectivity index (χ0) is 10.6. The number of hydrogen-bond acceptors (Lipinski definition) is 5. The molecule has 0 aliphatic rings. The predicted octanol–water partition coefficient (Wildman–Crippen LogP) is 0.794. The second-order valence-electron chi connectivity index (χ2n) is 2.71. The van der Waals surface area contributed by atoms with Gasteiger partial charge in [-0.3, -0.25) is 4.79 Å². The summed E-state index contributed by atoms with van der Waals surface area (Å²) in [5.41, 5.74) is 0. The first-order chi connectivity index (χ1) is 6.63. The fourth-order valence-corrected chi connectivity index (χ4v) is 0.959. The number of ether oxygens (including phenoxy) is 1. The Balaban J connectivity index is 2.62. The molecule has 0 saturated heterocycles. The first-order valence-electron chi connectivity index (χ1n) is 4.29. The molecule has 1 aromatic heterocycles. The number of aromatic nitrogens is 2. The largest absolute Gasteiger partial charge is 0.481 e. The van der Waals surface area contributed by atoms with E-state index in [0.29, 0.717) is 12.4 Å². The molecule has 0 fully saturated rings. The number of aliphatic carboxylic acids is 1. The Labute approximate surface area is 80.9 Å². The van der Waals surface area contributed by atoms with Crippen molar-refractivity contribution in [3.63, 3.8) is 0 Å². The zero-order valence-electron chi connectivity index (χ0n) is 8.06. The lowest BCUT2D eigenvalue weighted by molar-refractivity contribution is -0.136. The van der Waals surface area contributed by atoms with Crippen molar-refractivity contribution in [2.24, 2.45) is 0 Å². The summed E-state index contributed by atoms with van der Waals surface area (Å²) in [6.45, 7) is 4.18. The molecule has 0 aliphatic carbocycles. The highest BCUT2D eigenvalue weighted by Gasteiger charge is 2.15. The average Bonchev–Trinajstić information content (AvgIpc) is 2.52. The van der Waals surface area contributed by atoms with Crippen LogP contribution in [0.25, 0.3) is 0 Å². The van der Waals surface area contributed by atoms with Crippen LogP contribution in [0, 0.1) is 0 Å². The second-order valence-corrected chi connectivity index (χ2v) is 2.71. The minimum atomic E-state index is -0.996. The van der Waals surface area contributed by atoms with Gasteiger partial charge in [-0.1, -0.05) is 5.16 Å². The van der Waals surface area contributed by atoms with E-state index < -0.39 is 5.97 Å². The van der Waals surface area contributed by atoms with E-state index in [2.05, 4.69) is 10.1 Å². The molecular formula is C8H12N2O4. The molecule has 78 valence electrons. The number of carboxylic acid groups (broad SMARTS) is 1. The van der Waals surface area contributed by atoms with Crippen molar-refractivity contribution in [2.45, 2.75) is 26.4 Å². The Morgan fingerprint density at radius 2 is 2.43 bits per heavy atom. The monoisotopic (exact) mass is 200 g/mol. The van der Waals surface area contributed by atoms with Crippen LogP contribution in [0.15, 0.2) is 4.52 Å². The molecule has 0 bridgehead atoms. The van der Waals surface area contributed by atoms with Crippen LogP contribution in [0.3, 0.4) is 0 Å². The minimum Gasteiger partial charge on any atom is -0.481 e. The molecule has 0 amide bonds. The van der Waals surface area contributed by atoms with E-state index >= 15 is 0 Å². The van der Waals surface area contributed by atoms with E-state index in [1.165, 1.54) is 0 Å². The van der Waals surface area contributed by atoms with E-state index in [0.717, 1.165) is 0 Å². The standard InChI is InChI=1S/C8H12N2O4/c1-3-13-5(2)8-9-6(14-10-8)4-7(11)12/h5H,3-4H2,1-2H3,(H,11,12). The molecule has 0 saturated carbocycles. The SMILES string of the molecule is CCOC(C)c1noc(CC(=O)O)n1. The third-order valence-corrected chi connectivity index (χ3v) is 1.57. The third kappa shape index (κ3) is 2.81. The number of carbonyl (C=O) groups is 1. The number of hydrogen-bond donors (Lipinski definition) is 1. The van der Waals surface area contributed by atoms with Crippen molar-refractivity contribution in [3.8, 4) is 0 Å². The smallest absolute Gasteiger partial charge is 0.312 e. The third-order valence-electron chi connectivity index (χ3n) is 1.57. The molecule has 14 heavy (non-hydrogen) atoms. The molecular weight excluding hydrogens is 188 g/mol. The van der Waals surface area contributed by atoms with Gasteiger partial charge in [0.1, 0.15) is 12.5 Å². The van der Waals surface area contributed by atoms with Crippen LogP contribution in [0.4, 0.5) is 0 Å². The molecule has 6 nitrogen and oxygen atoms in total. The molecule has 1 aromatic rings. The van der Waals surface area contributed by atoms with Crippen LogP contribution < -0.4 is 0 Å². The zero-order valence-corrected chi connectivity index (χ0v) is 8.06. The van der Waals surface area contributed by atoms with Gasteiger partial charge in [-0.25, -0.2) is 0 Å². The van der Waals surface area contributed by atoms with E-state index in [1.54, 1.807) is 6.92 Å². The Hall–Kier alpha value is -1.43. The molecule has 1 rings (SSSR count). The first-order valence-corrected chi connectivity index (χ1v) is 4.29. The van der Waals surface area contributed by atoms with Crippen LogP contribution in [0.1, 0.15) is 31.7 Å². The van der Waals surface area contributed by atoms with Crippen molar-refractivity contribution >= 4 is 5.97 Å². The number of carboxylic acids is 1. The maximum absolute atomic E-state index is 10.3. The van der Waals surface area contributed by atoms with Crippen LogP contribution >= 0.6 is 0 Å². The Morgan fingerprint density at radius 1 is 1.71 bits per heavy atom. The highest BCUT2D eigenvalue weighted by molar-refractivity contribution is 5.68. The summed E-state index contributed by atoms with van der Waals surface area (Å²) in [5, 5.41) is 12.1. The van der Waals surface area contributed by atoms with Crippen molar-refractivity contribution < 1.29 is 19.2 Å². The minimum absolute atomic E-state index is 0.0963. The van der Waals surface area contributed by atoms with Gasteiger partial charge < -0.3 is 14.4 Å². The van der Waals surface area contributed by atoms with Gasteiger partial charge in [-0.2, -0.15) is 4.98 Å². The molecule has 0 spiro atoms. The van der Waals surface area contributed by atoms with Crippen molar-refractivity contribution in [1.29, 1.82) is 0 Å². The molecule has 6 heteroatoms. The molecule has 1 unspecified atom stereocenters. The molecule has 0 aromatic carbocycles. The van der Waals surface area contributed by atoms with Crippen molar-refractivity contribution in [3.05, 3.63) is 11.7 Å². The quantitative estimate of drug-likeness (QED) is 0.756. The Kier molecular flexibility index (Phi) is 3.58. The number of nitrogens with zero attached hydrogens (tertiary/aromatic N) is 2. The molecule has 0 radical (unpaired) electrons. The maximum Gasteiger partial charge on any atom is 0.312 e. The summed E-state index contributed by atoms with van der Waals surface area (Å²) < 4.78 is 9.93. The van der Waals surface area contributed by atoms with Gasteiger partial charge in [-0.05, 0) is 13.8 Å². The second kappa shape index (κ2) is 4.71. The summed E-state index contributed by atoms with van der Waals surface area (Å²) in [6.07, 6.45) is -0.530. The van der Waals surface area contributed by atoms with E-state index in [-0.39, 0.29) is 18.4 Å². The van der Waals surface area contributed by atoms with Crippen LogP contribution in [-0.4, -0.2) is 27.8 Å². The van der Waals surface area contributed by atoms with Gasteiger partial charge in [-0.15, -0.1) is 0 Å². The van der Waals surface area contributed by atoms with Crippen LogP contribution in [0.5, 0.6) is 0 Å². The lowest BCUT2D eigenvalue weighted by Gasteiger charge is -2.04. The fourth-order valence-electron chi connectivity index (χ4n) is 0.959. The average molecular weight is 200 g/mol. The summed E-state index contributed by atoms with van der Waals surface area (Å²) in [7, 11) is 0. The first kappa shape index (κ1) is 10.6. The van der Waals surface area contributed by atoms with E-state index in [4.69, 9.17) is 14.4 Å². The highest BCUT2D eigenvalue weighted by Crippen LogP contribution is 2.12. The lowest BCUT2D eigenvalue weighted by atomic mass is 10.4. The van der Waals surface area contributed by atoms with Gasteiger partial charge in [0.15, 0.2) is 5.82 Å². The Bertz CT molecular complexity index is 310. The molecule has 1 heterocycles. The number of rotatable bonds is 5. The maximum atomic E-state index is 10.3. The van der Waals surface area contributed by atoms with Gasteiger partial charge in [0.25, 0.3) is 0 Å². The van der Waals surface area contributed by atoms with Crippen LogP contribution in [-0.2, 0) is 16.0 Å². The predicted molar refractivity (Wildman–Crippen MR) is 45.7 cm³/mol. The molecule has 1 N–H and O–H groups in total. The van der Waals surface area contributed by atoms with Crippen molar-refractivity contribution in [2.75, 3.05) is 6.61 Å². The topological polar surface area (TPSA) is 85.5 Å². The molecule has 0 aliphatic heterocycles. The lowest BCUT2D eigenvalue weighted by Crippen LogP contribution is -2.03. The Morgan fingerprint density at radius 3 is 3.00 bits per heavy atom. The van der Waals surface area contributed by atoms with E-state index in [9.17, 15) is 4.79 Å². The fraction of sp³-hybridized carbons (Fsp3) is 0.625. The van der Waals surface area contributed by atoms with Gasteiger partial charge in [0.2, 0.25) is 5.89 Å². The van der Waals surface area contributed by atoms with Gasteiger partial charge >= 0.3 is 5.97 Å². The summed E-state index contributed by atoms with van der Waals surface area (Å²) in [4.78, 5) is 14.2. The highest BCUT2D eigenvalue weighted by atomic mass is 16.5. The van der Waals surface area contributed by atoms with E-state index in [1.807, 2.05) is 6.92 Å². The van der Waals surface area contributed by atoms with Gasteiger partial charge in [0, 0.05) is 6.61 Å².